The van der Waals surface area contributed by atoms with Crippen LogP contribution < -0.4 is 5.73 Å². The standard InChI is InChI=1S/C14H21ClFNO/c1-14(2,3)13(18-4)12(17)7-9-5-6-10(15)8-11(9)16/h5-6,8,12-13H,7,17H2,1-4H3. The third-order valence-corrected chi connectivity index (χ3v) is 3.20. The van der Waals surface area contributed by atoms with Crippen molar-refractivity contribution in [2.45, 2.75) is 39.3 Å². The van der Waals surface area contributed by atoms with Crippen molar-refractivity contribution in [1.82, 2.24) is 0 Å². The molecular weight excluding hydrogens is 253 g/mol. The van der Waals surface area contributed by atoms with Gasteiger partial charge in [0.2, 0.25) is 0 Å². The van der Waals surface area contributed by atoms with Gasteiger partial charge in [0.25, 0.3) is 0 Å². The molecule has 1 aromatic carbocycles. The second-order valence-electron chi connectivity index (χ2n) is 5.63. The first kappa shape index (κ1) is 15.4. The van der Waals surface area contributed by atoms with Crippen molar-refractivity contribution in [2.75, 3.05) is 7.11 Å². The number of nitrogens with two attached hydrogens (primary N) is 1. The van der Waals surface area contributed by atoms with Crippen LogP contribution >= 0.6 is 11.6 Å². The summed E-state index contributed by atoms with van der Waals surface area (Å²) in [4.78, 5) is 0. The third-order valence-electron chi connectivity index (χ3n) is 2.97. The van der Waals surface area contributed by atoms with Crippen molar-refractivity contribution in [1.29, 1.82) is 0 Å². The Morgan fingerprint density at radius 1 is 1.39 bits per heavy atom. The van der Waals surface area contributed by atoms with E-state index in [0.29, 0.717) is 17.0 Å². The molecule has 2 unspecified atom stereocenters. The Morgan fingerprint density at radius 3 is 2.44 bits per heavy atom. The van der Waals surface area contributed by atoms with Crippen LogP contribution in [0.25, 0.3) is 0 Å². The molecule has 0 aliphatic heterocycles. The SMILES string of the molecule is COC(C(N)Cc1ccc(Cl)cc1F)C(C)(C)C. The predicted octanol–water partition coefficient (Wildman–Crippen LogP) is 3.41. The van der Waals surface area contributed by atoms with Gasteiger partial charge in [-0.3, -0.25) is 0 Å². The van der Waals surface area contributed by atoms with E-state index in [1.165, 1.54) is 6.07 Å². The molecule has 0 aliphatic carbocycles. The summed E-state index contributed by atoms with van der Waals surface area (Å²) in [6, 6.07) is 4.40. The van der Waals surface area contributed by atoms with Crippen LogP contribution in [0.3, 0.4) is 0 Å². The maximum absolute atomic E-state index is 13.7. The van der Waals surface area contributed by atoms with Crippen LogP contribution in [0.1, 0.15) is 26.3 Å². The smallest absolute Gasteiger partial charge is 0.127 e. The number of halogens is 2. The van der Waals surface area contributed by atoms with E-state index in [0.717, 1.165) is 0 Å². The van der Waals surface area contributed by atoms with Gasteiger partial charge in [0, 0.05) is 18.2 Å². The Bertz CT molecular complexity index is 403. The topological polar surface area (TPSA) is 35.2 Å². The molecule has 0 fully saturated rings. The molecule has 18 heavy (non-hydrogen) atoms. The lowest BCUT2D eigenvalue weighted by Gasteiger charge is -2.34. The van der Waals surface area contributed by atoms with Gasteiger partial charge in [-0.1, -0.05) is 38.4 Å². The normalized spacial score (nSPS) is 15.5. The predicted molar refractivity (Wildman–Crippen MR) is 73.3 cm³/mol. The van der Waals surface area contributed by atoms with E-state index < -0.39 is 0 Å². The van der Waals surface area contributed by atoms with Gasteiger partial charge in [-0.05, 0) is 29.5 Å². The number of ether oxygens (including phenoxy) is 1. The zero-order chi connectivity index (χ0) is 13.9. The minimum Gasteiger partial charge on any atom is -0.379 e. The molecule has 2 N–H and O–H groups in total. The fraction of sp³-hybridized carbons (Fsp3) is 0.571. The van der Waals surface area contributed by atoms with Crippen LogP contribution in [-0.2, 0) is 11.2 Å². The van der Waals surface area contributed by atoms with E-state index in [9.17, 15) is 4.39 Å². The molecule has 1 aromatic rings. The summed E-state index contributed by atoms with van der Waals surface area (Å²) in [5.41, 5.74) is 6.61. The number of hydrogen-bond acceptors (Lipinski definition) is 2. The summed E-state index contributed by atoms with van der Waals surface area (Å²) in [5.74, 6) is -0.318. The molecule has 0 heterocycles. The van der Waals surface area contributed by atoms with Crippen molar-refractivity contribution in [3.63, 3.8) is 0 Å². The fourth-order valence-electron chi connectivity index (χ4n) is 2.22. The molecule has 0 amide bonds. The van der Waals surface area contributed by atoms with Gasteiger partial charge in [0.15, 0.2) is 0 Å². The molecule has 0 spiro atoms. The lowest BCUT2D eigenvalue weighted by atomic mass is 9.83. The Kier molecular flexibility index (Phi) is 5.14. The molecule has 2 nitrogen and oxygen atoms in total. The number of benzene rings is 1. The Morgan fingerprint density at radius 2 is 2.00 bits per heavy atom. The highest BCUT2D eigenvalue weighted by Gasteiger charge is 2.30. The van der Waals surface area contributed by atoms with Gasteiger partial charge < -0.3 is 10.5 Å². The summed E-state index contributed by atoms with van der Waals surface area (Å²) < 4.78 is 19.1. The minimum absolute atomic E-state index is 0.0862. The van der Waals surface area contributed by atoms with E-state index in [-0.39, 0.29) is 23.4 Å². The highest BCUT2D eigenvalue weighted by molar-refractivity contribution is 6.30. The van der Waals surface area contributed by atoms with Crippen LogP contribution in [0.5, 0.6) is 0 Å². The van der Waals surface area contributed by atoms with Gasteiger partial charge in [0.1, 0.15) is 5.82 Å². The molecule has 0 bridgehead atoms. The fourth-order valence-corrected chi connectivity index (χ4v) is 2.38. The molecule has 102 valence electrons. The molecule has 0 aromatic heterocycles. The maximum Gasteiger partial charge on any atom is 0.127 e. The number of rotatable bonds is 4. The monoisotopic (exact) mass is 273 g/mol. The van der Waals surface area contributed by atoms with Crippen molar-refractivity contribution in [3.05, 3.63) is 34.6 Å². The van der Waals surface area contributed by atoms with Crippen LogP contribution in [0.15, 0.2) is 18.2 Å². The van der Waals surface area contributed by atoms with Crippen molar-refractivity contribution >= 4 is 11.6 Å². The molecule has 0 aliphatic rings. The Hall–Kier alpha value is -0.640. The zero-order valence-corrected chi connectivity index (χ0v) is 12.1. The number of methoxy groups -OCH3 is 1. The third kappa shape index (κ3) is 3.94. The summed E-state index contributed by atoms with van der Waals surface area (Å²) in [6.45, 7) is 6.16. The molecule has 1 rings (SSSR count). The van der Waals surface area contributed by atoms with Gasteiger partial charge in [-0.2, -0.15) is 0 Å². The lowest BCUT2D eigenvalue weighted by molar-refractivity contribution is -0.00180. The molecule has 2 atom stereocenters. The van der Waals surface area contributed by atoms with Crippen LogP contribution in [0.2, 0.25) is 5.02 Å². The van der Waals surface area contributed by atoms with Crippen LogP contribution in [-0.4, -0.2) is 19.3 Å². The van der Waals surface area contributed by atoms with Gasteiger partial charge in [0.05, 0.1) is 6.10 Å². The minimum atomic E-state index is -0.318. The maximum atomic E-state index is 13.7. The Labute approximate surface area is 113 Å². The summed E-state index contributed by atoms with van der Waals surface area (Å²) in [5, 5.41) is 0.393. The second kappa shape index (κ2) is 6.00. The highest BCUT2D eigenvalue weighted by Crippen LogP contribution is 2.26. The zero-order valence-electron chi connectivity index (χ0n) is 11.3. The summed E-state index contributed by atoms with van der Waals surface area (Å²) in [7, 11) is 1.63. The van der Waals surface area contributed by atoms with Crippen LogP contribution in [0.4, 0.5) is 4.39 Å². The summed E-state index contributed by atoms with van der Waals surface area (Å²) >= 11 is 5.72. The first-order chi connectivity index (χ1) is 8.25. The van der Waals surface area contributed by atoms with E-state index >= 15 is 0 Å². The van der Waals surface area contributed by atoms with Crippen molar-refractivity contribution < 1.29 is 9.13 Å². The molecule has 4 heteroatoms. The van der Waals surface area contributed by atoms with E-state index in [1.807, 2.05) is 0 Å². The average molecular weight is 274 g/mol. The largest absolute Gasteiger partial charge is 0.379 e. The molecule has 0 radical (unpaired) electrons. The average Bonchev–Trinajstić information content (AvgIpc) is 2.21. The quantitative estimate of drug-likeness (QED) is 0.912. The van der Waals surface area contributed by atoms with Crippen molar-refractivity contribution in [2.24, 2.45) is 11.1 Å². The second-order valence-corrected chi connectivity index (χ2v) is 6.06. The summed E-state index contributed by atoms with van der Waals surface area (Å²) in [6.07, 6.45) is 0.297. The molecular formula is C14H21ClFNO. The van der Waals surface area contributed by atoms with Crippen molar-refractivity contribution in [3.8, 4) is 0 Å². The Balaban J connectivity index is 2.83. The van der Waals surface area contributed by atoms with Gasteiger partial charge in [-0.15, -0.1) is 0 Å². The van der Waals surface area contributed by atoms with E-state index in [1.54, 1.807) is 19.2 Å². The van der Waals surface area contributed by atoms with E-state index in [2.05, 4.69) is 20.8 Å². The first-order valence-corrected chi connectivity index (χ1v) is 6.36. The molecule has 0 saturated heterocycles. The number of hydrogen-bond donors (Lipinski definition) is 1. The molecule has 0 saturated carbocycles. The van der Waals surface area contributed by atoms with Gasteiger partial charge >= 0.3 is 0 Å². The lowest BCUT2D eigenvalue weighted by Crippen LogP contribution is -2.46. The first-order valence-electron chi connectivity index (χ1n) is 5.98. The van der Waals surface area contributed by atoms with Gasteiger partial charge in [-0.25, -0.2) is 4.39 Å². The van der Waals surface area contributed by atoms with Crippen LogP contribution in [0, 0.1) is 11.2 Å². The highest BCUT2D eigenvalue weighted by atomic mass is 35.5. The van der Waals surface area contributed by atoms with E-state index in [4.69, 9.17) is 22.1 Å².